The Morgan fingerprint density at radius 3 is 2.96 bits per heavy atom. The van der Waals surface area contributed by atoms with Gasteiger partial charge in [-0.05, 0) is 19.8 Å². The maximum Gasteiger partial charge on any atom is 0.274 e. The zero-order chi connectivity index (χ0) is 16.3. The third-order valence-electron chi connectivity index (χ3n) is 5.04. The van der Waals surface area contributed by atoms with Gasteiger partial charge in [0.05, 0.1) is 23.6 Å². The van der Waals surface area contributed by atoms with Crippen LogP contribution in [0.5, 0.6) is 0 Å². The normalized spacial score (nSPS) is 22.0. The lowest BCUT2D eigenvalue weighted by Gasteiger charge is -2.35. The molecule has 0 spiro atoms. The van der Waals surface area contributed by atoms with Crippen LogP contribution < -0.4 is 0 Å². The van der Waals surface area contributed by atoms with Crippen LogP contribution >= 0.6 is 0 Å². The van der Waals surface area contributed by atoms with E-state index in [2.05, 4.69) is 20.1 Å². The molecule has 120 valence electrons. The van der Waals surface area contributed by atoms with Crippen LogP contribution in [0.2, 0.25) is 0 Å². The van der Waals surface area contributed by atoms with Crippen molar-refractivity contribution in [2.75, 3.05) is 0 Å². The highest BCUT2D eigenvalue weighted by Crippen LogP contribution is 2.44. The standard InChI is InChI=1S/C17H16N6O/c1-10-6-16-20-8-12-14-3-2-11(7-15(12)23(16)21-10)22(14)17(24)13-9-18-4-5-19-13/h4-6,8-9,11,14H,2-3,7H2,1H3/t11-,14-/m0/s1. The second-order valence-corrected chi connectivity index (χ2v) is 6.47. The molecule has 1 amide bonds. The first kappa shape index (κ1) is 13.6. The summed E-state index contributed by atoms with van der Waals surface area (Å²) in [4.78, 5) is 27.6. The zero-order valence-corrected chi connectivity index (χ0v) is 13.3. The summed E-state index contributed by atoms with van der Waals surface area (Å²) in [6, 6.07) is 2.22. The van der Waals surface area contributed by atoms with Gasteiger partial charge in [-0.2, -0.15) is 5.10 Å². The number of rotatable bonds is 1. The van der Waals surface area contributed by atoms with Crippen molar-refractivity contribution >= 4 is 11.6 Å². The molecule has 0 aromatic carbocycles. The van der Waals surface area contributed by atoms with Crippen LogP contribution in [0.15, 0.2) is 30.9 Å². The lowest BCUT2D eigenvalue weighted by molar-refractivity contribution is 0.0636. The van der Waals surface area contributed by atoms with E-state index in [1.165, 1.54) is 11.9 Å². The smallest absolute Gasteiger partial charge is 0.274 e. The van der Waals surface area contributed by atoms with Crippen molar-refractivity contribution in [2.24, 2.45) is 0 Å². The maximum absolute atomic E-state index is 12.9. The van der Waals surface area contributed by atoms with Crippen molar-refractivity contribution in [1.29, 1.82) is 0 Å². The molecule has 1 saturated heterocycles. The van der Waals surface area contributed by atoms with Crippen LogP contribution in [0.4, 0.5) is 0 Å². The number of hydrogen-bond donors (Lipinski definition) is 0. The summed E-state index contributed by atoms with van der Waals surface area (Å²) in [5.74, 6) is -0.0435. The molecule has 0 radical (unpaired) electrons. The maximum atomic E-state index is 12.9. The number of carbonyl (C=O) groups excluding carboxylic acids is 1. The van der Waals surface area contributed by atoms with Crippen LogP contribution in [0.1, 0.15) is 46.3 Å². The van der Waals surface area contributed by atoms with Gasteiger partial charge in [0, 0.05) is 42.7 Å². The number of nitrogens with zero attached hydrogens (tertiary/aromatic N) is 6. The van der Waals surface area contributed by atoms with Gasteiger partial charge < -0.3 is 4.90 Å². The highest BCUT2D eigenvalue weighted by molar-refractivity contribution is 5.93. The van der Waals surface area contributed by atoms with E-state index >= 15 is 0 Å². The van der Waals surface area contributed by atoms with Gasteiger partial charge in [0.25, 0.3) is 5.91 Å². The van der Waals surface area contributed by atoms with Crippen molar-refractivity contribution in [2.45, 2.75) is 38.3 Å². The molecule has 7 heteroatoms. The molecule has 24 heavy (non-hydrogen) atoms. The molecule has 0 unspecified atom stereocenters. The molecule has 2 atom stereocenters. The summed E-state index contributed by atoms with van der Waals surface area (Å²) in [7, 11) is 0. The van der Waals surface area contributed by atoms with E-state index in [4.69, 9.17) is 0 Å². The Morgan fingerprint density at radius 2 is 2.12 bits per heavy atom. The highest BCUT2D eigenvalue weighted by Gasteiger charge is 2.44. The highest BCUT2D eigenvalue weighted by atomic mass is 16.2. The van der Waals surface area contributed by atoms with E-state index in [1.54, 1.807) is 12.4 Å². The van der Waals surface area contributed by atoms with Gasteiger partial charge in [-0.15, -0.1) is 0 Å². The molecular weight excluding hydrogens is 304 g/mol. The predicted molar refractivity (Wildman–Crippen MR) is 85.4 cm³/mol. The summed E-state index contributed by atoms with van der Waals surface area (Å²) in [5, 5.41) is 4.58. The van der Waals surface area contributed by atoms with Gasteiger partial charge in [0.2, 0.25) is 0 Å². The summed E-state index contributed by atoms with van der Waals surface area (Å²) in [6.45, 7) is 1.97. The molecule has 2 aliphatic rings. The first-order valence-corrected chi connectivity index (χ1v) is 8.15. The van der Waals surface area contributed by atoms with E-state index < -0.39 is 0 Å². The Morgan fingerprint density at radius 1 is 1.21 bits per heavy atom. The number of fused-ring (bicyclic) bond motifs is 6. The van der Waals surface area contributed by atoms with Crippen LogP contribution in [0.3, 0.4) is 0 Å². The molecule has 3 aromatic rings. The van der Waals surface area contributed by atoms with E-state index in [9.17, 15) is 4.79 Å². The fourth-order valence-corrected chi connectivity index (χ4v) is 4.05. The summed E-state index contributed by atoms with van der Waals surface area (Å²) < 4.78 is 1.94. The Hall–Kier alpha value is -2.83. The summed E-state index contributed by atoms with van der Waals surface area (Å²) in [6.07, 6.45) is 9.34. The van der Waals surface area contributed by atoms with Crippen LogP contribution in [-0.4, -0.2) is 41.4 Å². The molecule has 0 aliphatic carbocycles. The van der Waals surface area contributed by atoms with Crippen LogP contribution in [0.25, 0.3) is 5.65 Å². The Balaban J connectivity index is 1.61. The Labute approximate surface area is 138 Å². The second-order valence-electron chi connectivity index (χ2n) is 6.47. The number of aryl methyl sites for hydroxylation is 1. The zero-order valence-electron chi connectivity index (χ0n) is 13.3. The van der Waals surface area contributed by atoms with Crippen LogP contribution in [0, 0.1) is 6.92 Å². The number of carbonyl (C=O) groups is 1. The fraction of sp³-hybridized carbons (Fsp3) is 0.353. The third-order valence-corrected chi connectivity index (χ3v) is 5.04. The SMILES string of the molecule is Cc1cc2ncc3c(n2n1)C[C@@H]1CC[C@@H]3N1C(=O)c1cnccn1. The molecule has 5 rings (SSSR count). The molecule has 2 bridgehead atoms. The predicted octanol–water partition coefficient (Wildman–Crippen LogP) is 1.73. The van der Waals surface area contributed by atoms with Gasteiger partial charge in [-0.3, -0.25) is 9.78 Å². The number of amides is 1. The molecule has 2 aliphatic heterocycles. The minimum atomic E-state index is -0.0435. The van der Waals surface area contributed by atoms with Gasteiger partial charge in [0.1, 0.15) is 5.69 Å². The number of hydrogen-bond acceptors (Lipinski definition) is 5. The summed E-state index contributed by atoms with van der Waals surface area (Å²) in [5.41, 5.74) is 4.53. The molecular formula is C17H16N6O. The lowest BCUT2D eigenvalue weighted by Crippen LogP contribution is -2.43. The first-order valence-electron chi connectivity index (χ1n) is 8.15. The van der Waals surface area contributed by atoms with Crippen molar-refractivity contribution in [1.82, 2.24) is 29.5 Å². The van der Waals surface area contributed by atoms with Gasteiger partial charge in [0.15, 0.2) is 5.65 Å². The number of aromatic nitrogens is 5. The van der Waals surface area contributed by atoms with E-state index in [0.717, 1.165) is 36.2 Å². The average molecular weight is 320 g/mol. The lowest BCUT2D eigenvalue weighted by atomic mass is 9.98. The molecule has 0 saturated carbocycles. The Bertz CT molecular complexity index is 950. The monoisotopic (exact) mass is 320 g/mol. The van der Waals surface area contributed by atoms with E-state index in [-0.39, 0.29) is 18.0 Å². The largest absolute Gasteiger partial charge is 0.327 e. The third kappa shape index (κ3) is 1.81. The Kier molecular flexibility index (Phi) is 2.74. The van der Waals surface area contributed by atoms with Crippen LogP contribution in [-0.2, 0) is 6.42 Å². The van der Waals surface area contributed by atoms with Gasteiger partial charge in [-0.25, -0.2) is 14.5 Å². The fourth-order valence-electron chi connectivity index (χ4n) is 4.05. The average Bonchev–Trinajstić information content (AvgIpc) is 3.14. The van der Waals surface area contributed by atoms with Gasteiger partial charge >= 0.3 is 0 Å². The topological polar surface area (TPSA) is 76.3 Å². The van der Waals surface area contributed by atoms with Crippen molar-refractivity contribution in [3.63, 3.8) is 0 Å². The second kappa shape index (κ2) is 4.83. The van der Waals surface area contributed by atoms with Gasteiger partial charge in [-0.1, -0.05) is 0 Å². The molecule has 0 N–H and O–H groups in total. The minimum absolute atomic E-state index is 0.0435. The molecule has 3 aromatic heterocycles. The molecule has 7 nitrogen and oxygen atoms in total. The first-order chi connectivity index (χ1) is 11.7. The van der Waals surface area contributed by atoms with Crippen molar-refractivity contribution < 1.29 is 4.79 Å². The van der Waals surface area contributed by atoms with E-state index in [0.29, 0.717) is 5.69 Å². The van der Waals surface area contributed by atoms with Crippen molar-refractivity contribution in [3.8, 4) is 0 Å². The van der Waals surface area contributed by atoms with E-state index in [1.807, 2.05) is 28.6 Å². The molecule has 1 fully saturated rings. The minimum Gasteiger partial charge on any atom is -0.327 e. The molecule has 5 heterocycles. The quantitative estimate of drug-likeness (QED) is 0.682. The summed E-state index contributed by atoms with van der Waals surface area (Å²) >= 11 is 0. The van der Waals surface area contributed by atoms with Crippen molar-refractivity contribution in [3.05, 3.63) is 53.5 Å².